The Hall–Kier alpha value is -2.05. The first-order chi connectivity index (χ1) is 29.1. The van der Waals surface area contributed by atoms with Crippen molar-refractivity contribution in [3.8, 4) is 0 Å². The summed E-state index contributed by atoms with van der Waals surface area (Å²) in [5.74, 6) is -0.139. The van der Waals surface area contributed by atoms with Gasteiger partial charge in [0.25, 0.3) is 0 Å². The smallest absolute Gasteiger partial charge is 0.338 e. The molecule has 5 aliphatic carbocycles. The molecule has 4 saturated carbocycles. The number of fused-ring (bicyclic) bond motifs is 7. The fourth-order valence-electron chi connectivity index (χ4n) is 14.6. The van der Waals surface area contributed by atoms with Crippen LogP contribution >= 0.6 is 0 Å². The van der Waals surface area contributed by atoms with Gasteiger partial charge in [-0.2, -0.15) is 0 Å². The van der Waals surface area contributed by atoms with Crippen molar-refractivity contribution in [2.45, 2.75) is 173 Å². The van der Waals surface area contributed by atoms with Crippen LogP contribution in [-0.4, -0.2) is 140 Å². The molecule has 2 aliphatic heterocycles. The van der Waals surface area contributed by atoms with Crippen LogP contribution in [0, 0.1) is 50.2 Å². The van der Waals surface area contributed by atoms with Gasteiger partial charge in [-0.25, -0.2) is 4.79 Å². The number of ether oxygens (including phenoxy) is 5. The Morgan fingerprint density at radius 2 is 1.48 bits per heavy atom. The highest BCUT2D eigenvalue weighted by Gasteiger charge is 2.72. The molecule has 62 heavy (non-hydrogen) atoms. The number of carbonyl (C=O) groups excluding carboxylic acids is 1. The van der Waals surface area contributed by atoms with Crippen LogP contribution in [0.25, 0.3) is 0 Å². The van der Waals surface area contributed by atoms with Gasteiger partial charge in [-0.15, -0.1) is 0 Å². The number of benzene rings is 1. The monoisotopic (exact) mass is 872 g/mol. The Morgan fingerprint density at radius 1 is 0.774 bits per heavy atom. The lowest BCUT2D eigenvalue weighted by atomic mass is 9.33. The molecule has 2 heterocycles. The van der Waals surface area contributed by atoms with E-state index in [0.717, 1.165) is 32.1 Å². The molecular formula is C48H72O14. The molecule has 19 atom stereocenters. The number of hydrogen-bond donors (Lipinski definition) is 8. The highest BCUT2D eigenvalue weighted by molar-refractivity contribution is 5.89. The Bertz CT molecular complexity index is 1820. The topological polar surface area (TPSA) is 225 Å². The van der Waals surface area contributed by atoms with Crippen molar-refractivity contribution < 1.29 is 69.3 Å². The van der Waals surface area contributed by atoms with E-state index < -0.39 is 85.5 Å². The van der Waals surface area contributed by atoms with E-state index in [-0.39, 0.29) is 64.1 Å². The SMILES string of the molecule is CC1(C)CC2C3=CCC4[C@@]5(C)CC[C@H](OC6OCC(O)C(OC7OC(CO)C(O)C(O)C7O)C6O)C(C)(C)C5CC[C@@]4(C)[C@]3(C)C[C@H](O)[C@@]2(CO)[C@H](OC(=O)c2ccccc2)C1. The van der Waals surface area contributed by atoms with Crippen molar-refractivity contribution in [1.29, 1.82) is 0 Å². The van der Waals surface area contributed by atoms with Crippen LogP contribution in [0.15, 0.2) is 42.0 Å². The number of aliphatic hydroxyl groups excluding tert-OH is 8. The number of carbonyl (C=O) groups is 1. The molecule has 14 nitrogen and oxygen atoms in total. The standard InChI is InChI=1S/C48H72O14/c1-43(2)19-27-26-13-14-31-45(5)17-16-33(61-41-38(56)39(28(51)23-58-41)62-42-37(55)36(54)35(53)29(22-49)59-42)44(3,4)30(45)15-18-46(31,6)47(26,7)20-32(52)48(27,24-50)34(21-43)60-40(57)25-11-9-8-10-12-25/h8-13,27-39,41-42,49-56H,14-24H2,1-7H3/t27?,28?,29?,30?,31?,32-,33-,34+,35?,36?,37?,38?,39?,41?,42?,45-,46+,47+,48-/m0/s1. The number of hydrogen-bond acceptors (Lipinski definition) is 14. The van der Waals surface area contributed by atoms with E-state index in [1.807, 2.05) is 6.07 Å². The van der Waals surface area contributed by atoms with Gasteiger partial charge >= 0.3 is 5.97 Å². The third-order valence-corrected chi connectivity index (χ3v) is 18.2. The molecule has 2 saturated heterocycles. The first-order valence-corrected chi connectivity index (χ1v) is 22.9. The van der Waals surface area contributed by atoms with E-state index >= 15 is 0 Å². The summed E-state index contributed by atoms with van der Waals surface area (Å²) in [6, 6.07) is 8.92. The van der Waals surface area contributed by atoms with Gasteiger partial charge in [0.05, 0.1) is 43.0 Å². The second-order valence-corrected chi connectivity index (χ2v) is 22.2. The molecule has 0 aromatic heterocycles. The molecule has 14 heteroatoms. The molecule has 6 fully saturated rings. The largest absolute Gasteiger partial charge is 0.458 e. The molecular weight excluding hydrogens is 801 g/mol. The molecule has 8 rings (SSSR count). The second kappa shape index (κ2) is 16.4. The zero-order chi connectivity index (χ0) is 44.9. The summed E-state index contributed by atoms with van der Waals surface area (Å²) >= 11 is 0. The van der Waals surface area contributed by atoms with Crippen LogP contribution in [0.4, 0.5) is 0 Å². The molecule has 12 unspecified atom stereocenters. The van der Waals surface area contributed by atoms with Crippen LogP contribution in [0.5, 0.6) is 0 Å². The first-order valence-electron chi connectivity index (χ1n) is 22.9. The molecule has 1 aromatic rings. The van der Waals surface area contributed by atoms with Gasteiger partial charge in [-0.05, 0) is 108 Å². The summed E-state index contributed by atoms with van der Waals surface area (Å²) < 4.78 is 30.3. The first kappa shape index (κ1) is 46.5. The molecule has 8 N–H and O–H groups in total. The van der Waals surface area contributed by atoms with Gasteiger partial charge in [-0.3, -0.25) is 0 Å². The number of aliphatic hydroxyl groups is 8. The quantitative estimate of drug-likeness (QED) is 0.107. The fraction of sp³-hybridized carbons (Fsp3) is 0.812. The van der Waals surface area contributed by atoms with Gasteiger partial charge in [0.2, 0.25) is 0 Å². The molecule has 348 valence electrons. The van der Waals surface area contributed by atoms with Crippen LogP contribution in [0.1, 0.15) is 110 Å². The van der Waals surface area contributed by atoms with Crippen molar-refractivity contribution in [3.05, 3.63) is 47.5 Å². The third-order valence-electron chi connectivity index (χ3n) is 18.2. The second-order valence-electron chi connectivity index (χ2n) is 22.2. The minimum atomic E-state index is -1.71. The number of rotatable bonds is 8. The average Bonchev–Trinajstić information content (AvgIpc) is 3.21. The summed E-state index contributed by atoms with van der Waals surface area (Å²) in [5, 5.41) is 87.2. The highest BCUT2D eigenvalue weighted by atomic mass is 16.7. The maximum Gasteiger partial charge on any atom is 0.338 e. The lowest BCUT2D eigenvalue weighted by Gasteiger charge is -2.72. The predicted octanol–water partition coefficient (Wildman–Crippen LogP) is 3.24. The Balaban J connectivity index is 1.02. The highest BCUT2D eigenvalue weighted by Crippen LogP contribution is 2.76. The Kier molecular flexibility index (Phi) is 12.3. The van der Waals surface area contributed by atoms with E-state index in [2.05, 4.69) is 54.5 Å². The third kappa shape index (κ3) is 7.08. The van der Waals surface area contributed by atoms with Gasteiger partial charge in [-0.1, -0.05) is 78.3 Å². The molecule has 0 spiro atoms. The minimum absolute atomic E-state index is 0.117. The van der Waals surface area contributed by atoms with Gasteiger partial charge in [0.15, 0.2) is 12.6 Å². The number of esters is 1. The van der Waals surface area contributed by atoms with Crippen LogP contribution in [0.3, 0.4) is 0 Å². The minimum Gasteiger partial charge on any atom is -0.458 e. The summed E-state index contributed by atoms with van der Waals surface area (Å²) in [6.45, 7) is 14.9. The average molecular weight is 873 g/mol. The number of allylic oxidation sites excluding steroid dienone is 2. The van der Waals surface area contributed by atoms with E-state index in [4.69, 9.17) is 23.7 Å². The van der Waals surface area contributed by atoms with E-state index in [1.54, 1.807) is 24.3 Å². The molecule has 0 amide bonds. The molecule has 0 bridgehead atoms. The van der Waals surface area contributed by atoms with Crippen molar-refractivity contribution in [1.82, 2.24) is 0 Å². The van der Waals surface area contributed by atoms with Crippen molar-refractivity contribution >= 4 is 5.97 Å². The lowest BCUT2D eigenvalue weighted by molar-refractivity contribution is -0.357. The van der Waals surface area contributed by atoms with E-state index in [1.165, 1.54) is 5.57 Å². The van der Waals surface area contributed by atoms with Gasteiger partial charge in [0.1, 0.15) is 48.8 Å². The summed E-state index contributed by atoms with van der Waals surface area (Å²) in [4.78, 5) is 13.6. The van der Waals surface area contributed by atoms with Crippen LogP contribution in [-0.2, 0) is 23.7 Å². The van der Waals surface area contributed by atoms with Gasteiger partial charge in [0, 0.05) is 0 Å². The molecule has 7 aliphatic rings. The van der Waals surface area contributed by atoms with E-state index in [0.29, 0.717) is 24.8 Å². The van der Waals surface area contributed by atoms with Crippen molar-refractivity contribution in [2.75, 3.05) is 19.8 Å². The van der Waals surface area contributed by atoms with Crippen molar-refractivity contribution in [2.24, 2.45) is 50.2 Å². The Labute approximate surface area is 365 Å². The predicted molar refractivity (Wildman–Crippen MR) is 224 cm³/mol. The lowest BCUT2D eigenvalue weighted by Crippen LogP contribution is -2.69. The van der Waals surface area contributed by atoms with Crippen LogP contribution in [0.2, 0.25) is 0 Å². The Morgan fingerprint density at radius 3 is 2.16 bits per heavy atom. The van der Waals surface area contributed by atoms with E-state index in [9.17, 15) is 45.6 Å². The van der Waals surface area contributed by atoms with Gasteiger partial charge < -0.3 is 64.5 Å². The molecule has 1 aromatic carbocycles. The zero-order valence-corrected chi connectivity index (χ0v) is 37.4. The summed E-state index contributed by atoms with van der Waals surface area (Å²) in [5.41, 5.74) is -0.596. The van der Waals surface area contributed by atoms with Crippen molar-refractivity contribution in [3.63, 3.8) is 0 Å². The van der Waals surface area contributed by atoms with Crippen LogP contribution < -0.4 is 0 Å². The zero-order valence-electron chi connectivity index (χ0n) is 37.4. The maximum absolute atomic E-state index is 13.6. The maximum atomic E-state index is 13.6. The summed E-state index contributed by atoms with van der Waals surface area (Å²) in [7, 11) is 0. The normalized spacial score (nSPS) is 49.6. The molecule has 0 radical (unpaired) electrons. The fourth-order valence-corrected chi connectivity index (χ4v) is 14.6. The summed E-state index contributed by atoms with van der Waals surface area (Å²) in [6.07, 6.45) is -6.62.